The van der Waals surface area contributed by atoms with Crippen molar-refractivity contribution < 1.29 is 22.5 Å². The van der Waals surface area contributed by atoms with Gasteiger partial charge in [0.25, 0.3) is 10.1 Å². The van der Waals surface area contributed by atoms with Gasteiger partial charge in [0, 0.05) is 6.04 Å². The van der Waals surface area contributed by atoms with Crippen LogP contribution in [0.5, 0.6) is 0 Å². The summed E-state index contributed by atoms with van der Waals surface area (Å²) in [5.41, 5.74) is 0.890. The van der Waals surface area contributed by atoms with E-state index in [0.717, 1.165) is 5.56 Å². The van der Waals surface area contributed by atoms with Gasteiger partial charge in [-0.1, -0.05) is 30.3 Å². The molecule has 0 aliphatic carbocycles. The minimum Gasteiger partial charge on any atom is -0.445 e. The van der Waals surface area contributed by atoms with Crippen LogP contribution in [-0.2, 0) is 21.5 Å². The normalized spacial score (nSPS) is 12.7. The molecule has 0 unspecified atom stereocenters. The number of hydrogen-bond donors (Lipinski definition) is 2. The highest BCUT2D eigenvalue weighted by Crippen LogP contribution is 2.02. The van der Waals surface area contributed by atoms with E-state index in [0.29, 0.717) is 6.42 Å². The predicted molar refractivity (Wildman–Crippen MR) is 74.9 cm³/mol. The summed E-state index contributed by atoms with van der Waals surface area (Å²) in [4.78, 5) is 11.5. The summed E-state index contributed by atoms with van der Waals surface area (Å²) in [6.45, 7) is 1.93. The second-order valence-electron chi connectivity index (χ2n) is 4.54. The van der Waals surface area contributed by atoms with Crippen LogP contribution in [0.3, 0.4) is 0 Å². The Morgan fingerprint density at radius 1 is 1.35 bits per heavy atom. The molecule has 1 atom stereocenters. The van der Waals surface area contributed by atoms with Gasteiger partial charge in [-0.2, -0.15) is 8.42 Å². The lowest BCUT2D eigenvalue weighted by Gasteiger charge is -2.13. The van der Waals surface area contributed by atoms with Crippen molar-refractivity contribution in [2.75, 3.05) is 5.75 Å². The van der Waals surface area contributed by atoms with Crippen LogP contribution in [0.2, 0.25) is 0 Å². The van der Waals surface area contributed by atoms with E-state index in [1.54, 1.807) is 6.92 Å². The smallest absolute Gasteiger partial charge is 0.407 e. The maximum absolute atomic E-state index is 11.5. The molecule has 0 aliphatic heterocycles. The van der Waals surface area contributed by atoms with Crippen LogP contribution in [0.25, 0.3) is 0 Å². The first-order valence-corrected chi connectivity index (χ1v) is 7.90. The van der Waals surface area contributed by atoms with Crippen molar-refractivity contribution in [2.45, 2.75) is 32.4 Å². The van der Waals surface area contributed by atoms with E-state index in [1.807, 2.05) is 30.3 Å². The summed E-state index contributed by atoms with van der Waals surface area (Å²) in [6.07, 6.45) is 0.173. The van der Waals surface area contributed by atoms with Crippen molar-refractivity contribution in [3.05, 3.63) is 35.9 Å². The van der Waals surface area contributed by atoms with Gasteiger partial charge in [-0.25, -0.2) is 4.79 Å². The highest BCUT2D eigenvalue weighted by Gasteiger charge is 2.10. The predicted octanol–water partition coefficient (Wildman–Crippen LogP) is 1.97. The van der Waals surface area contributed by atoms with E-state index in [1.165, 1.54) is 0 Å². The number of benzene rings is 1. The zero-order valence-corrected chi connectivity index (χ0v) is 12.1. The summed E-state index contributed by atoms with van der Waals surface area (Å²) < 4.78 is 34.7. The van der Waals surface area contributed by atoms with Crippen LogP contribution < -0.4 is 5.32 Å². The van der Waals surface area contributed by atoms with Gasteiger partial charge in [0.2, 0.25) is 0 Å². The van der Waals surface area contributed by atoms with Crippen LogP contribution in [-0.4, -0.2) is 30.9 Å². The Kier molecular flexibility index (Phi) is 6.47. The fourth-order valence-electron chi connectivity index (χ4n) is 1.61. The Balaban J connectivity index is 2.21. The van der Waals surface area contributed by atoms with E-state index < -0.39 is 16.2 Å². The highest BCUT2D eigenvalue weighted by atomic mass is 32.2. The minimum atomic E-state index is -3.94. The lowest BCUT2D eigenvalue weighted by atomic mass is 10.2. The largest absolute Gasteiger partial charge is 0.445 e. The molecule has 0 bridgehead atoms. The lowest BCUT2D eigenvalue weighted by molar-refractivity contribution is 0.136. The Morgan fingerprint density at radius 3 is 2.60 bits per heavy atom. The van der Waals surface area contributed by atoms with Crippen LogP contribution in [0.1, 0.15) is 25.3 Å². The molecule has 0 aromatic heterocycles. The molecular formula is C13H19NO5S. The number of alkyl carbamates (subject to hydrolysis) is 1. The van der Waals surface area contributed by atoms with Gasteiger partial charge >= 0.3 is 6.09 Å². The number of amides is 1. The minimum absolute atomic E-state index is 0.185. The lowest BCUT2D eigenvalue weighted by Crippen LogP contribution is -2.33. The zero-order chi connectivity index (χ0) is 15.0. The molecular weight excluding hydrogens is 282 g/mol. The first-order valence-electron chi connectivity index (χ1n) is 6.29. The second kappa shape index (κ2) is 7.86. The molecule has 0 heterocycles. The molecule has 0 aliphatic rings. The van der Waals surface area contributed by atoms with Gasteiger partial charge in [0.15, 0.2) is 0 Å². The number of carbonyl (C=O) groups excluding carboxylic acids is 1. The van der Waals surface area contributed by atoms with Crippen molar-refractivity contribution in [2.24, 2.45) is 0 Å². The van der Waals surface area contributed by atoms with Crippen LogP contribution in [0.15, 0.2) is 30.3 Å². The molecule has 7 heteroatoms. The Labute approximate surface area is 118 Å². The number of rotatable bonds is 7. The maximum Gasteiger partial charge on any atom is 0.407 e. The highest BCUT2D eigenvalue weighted by molar-refractivity contribution is 7.85. The third-order valence-corrected chi connectivity index (χ3v) is 3.42. The van der Waals surface area contributed by atoms with Crippen LogP contribution >= 0.6 is 0 Å². The molecule has 1 aromatic rings. The average Bonchev–Trinajstić information content (AvgIpc) is 2.36. The van der Waals surface area contributed by atoms with Gasteiger partial charge < -0.3 is 10.1 Å². The quantitative estimate of drug-likeness (QED) is 0.751. The molecule has 1 amide bonds. The second-order valence-corrected chi connectivity index (χ2v) is 6.11. The molecule has 0 saturated carbocycles. The average molecular weight is 301 g/mol. The van der Waals surface area contributed by atoms with Crippen LogP contribution in [0.4, 0.5) is 4.79 Å². The molecule has 1 aromatic carbocycles. The number of ether oxygens (including phenoxy) is 1. The molecule has 2 N–H and O–H groups in total. The molecule has 6 nitrogen and oxygen atoms in total. The molecule has 1 rings (SSSR count). The van der Waals surface area contributed by atoms with Crippen molar-refractivity contribution in [3.8, 4) is 0 Å². The Morgan fingerprint density at radius 2 is 2.00 bits per heavy atom. The van der Waals surface area contributed by atoms with Crippen molar-refractivity contribution in [1.82, 2.24) is 5.32 Å². The summed E-state index contributed by atoms with van der Waals surface area (Å²) >= 11 is 0. The van der Waals surface area contributed by atoms with E-state index in [2.05, 4.69) is 5.32 Å². The third kappa shape index (κ3) is 7.75. The van der Waals surface area contributed by atoms with E-state index in [4.69, 9.17) is 9.29 Å². The molecule has 0 saturated heterocycles. The number of nitrogens with one attached hydrogen (secondary N) is 1. The van der Waals surface area contributed by atoms with Crippen molar-refractivity contribution >= 4 is 16.2 Å². The van der Waals surface area contributed by atoms with Gasteiger partial charge in [-0.15, -0.1) is 0 Å². The Hall–Kier alpha value is -1.60. The fourth-order valence-corrected chi connectivity index (χ4v) is 2.14. The van der Waals surface area contributed by atoms with Crippen LogP contribution in [0, 0.1) is 0 Å². The van der Waals surface area contributed by atoms with E-state index >= 15 is 0 Å². The summed E-state index contributed by atoms with van der Waals surface area (Å²) in [6, 6.07) is 9.07. The molecule has 0 spiro atoms. The van der Waals surface area contributed by atoms with Gasteiger partial charge in [0.1, 0.15) is 6.61 Å². The molecule has 112 valence electrons. The monoisotopic (exact) mass is 301 g/mol. The summed E-state index contributed by atoms with van der Waals surface area (Å²) in [5, 5.41) is 2.60. The Bertz CT molecular complexity index is 515. The van der Waals surface area contributed by atoms with Gasteiger partial charge in [-0.05, 0) is 25.3 Å². The fraction of sp³-hybridized carbons (Fsp3) is 0.462. The van der Waals surface area contributed by atoms with Crippen molar-refractivity contribution in [3.63, 3.8) is 0 Å². The van der Waals surface area contributed by atoms with E-state index in [-0.39, 0.29) is 24.8 Å². The standard InChI is InChI=1S/C13H19NO5S/c1-11(6-5-9-20(16,17)18)14-13(15)19-10-12-7-3-2-4-8-12/h2-4,7-8,11H,5-6,9-10H2,1H3,(H,14,15)(H,16,17,18)/t11-/m1/s1. The number of carbonyl (C=O) groups is 1. The maximum atomic E-state index is 11.5. The first-order chi connectivity index (χ1) is 9.37. The molecule has 0 radical (unpaired) electrons. The SMILES string of the molecule is C[C@H](CCCS(=O)(=O)O)NC(=O)OCc1ccccc1. The molecule has 0 fully saturated rings. The summed E-state index contributed by atoms with van der Waals surface area (Å²) in [5.74, 6) is -0.307. The molecule has 20 heavy (non-hydrogen) atoms. The topological polar surface area (TPSA) is 92.7 Å². The summed E-state index contributed by atoms with van der Waals surface area (Å²) in [7, 11) is -3.94. The van der Waals surface area contributed by atoms with E-state index in [9.17, 15) is 13.2 Å². The van der Waals surface area contributed by atoms with Gasteiger partial charge in [0.05, 0.1) is 5.75 Å². The third-order valence-electron chi connectivity index (χ3n) is 2.62. The number of hydrogen-bond acceptors (Lipinski definition) is 4. The zero-order valence-electron chi connectivity index (χ0n) is 11.3. The van der Waals surface area contributed by atoms with Gasteiger partial charge in [-0.3, -0.25) is 4.55 Å². The first kappa shape index (κ1) is 16.5. The van der Waals surface area contributed by atoms with Crippen molar-refractivity contribution in [1.29, 1.82) is 0 Å².